The zero-order chi connectivity index (χ0) is 40.6. The summed E-state index contributed by atoms with van der Waals surface area (Å²) in [7, 11) is 1.67. The standard InChI is InChI=1S/C41H43F2N11O5/c1-49-35-24(6-4-7-30(35)54(40(49)58)31-8-9-33(55)47-39(31)57)5-2-3-13-50-15-11-41(12-16-50)18-26(19-41)53-22-29(34(48-53)36(42)43)45-38(56)28-20-44-52-14-10-32(46-37(28)52)51-21-27-17-25(51)23-59-27/h4,6-7,10,14,20,22,25-27,31,36H,3,8-9,11-13,15-19,21,23H2,1H3,(H,45,56)(H,47,55,57)/t25-,27-,31?/m1/s1. The van der Waals surface area contributed by atoms with Crippen LogP contribution in [-0.2, 0) is 21.4 Å². The number of fused-ring (bicyclic) bond motifs is 4. The number of hydrogen-bond acceptors (Lipinski definition) is 10. The highest BCUT2D eigenvalue weighted by Crippen LogP contribution is 2.55. The molecule has 3 amide bonds. The van der Waals surface area contributed by atoms with Crippen molar-refractivity contribution < 1.29 is 27.9 Å². The molecule has 4 aromatic heterocycles. The highest BCUT2D eigenvalue weighted by molar-refractivity contribution is 6.08. The van der Waals surface area contributed by atoms with Crippen molar-refractivity contribution in [2.45, 2.75) is 82.0 Å². The van der Waals surface area contributed by atoms with E-state index >= 15 is 0 Å². The van der Waals surface area contributed by atoms with Crippen molar-refractivity contribution in [1.82, 2.24) is 43.7 Å². The molecule has 1 aliphatic carbocycles. The van der Waals surface area contributed by atoms with Gasteiger partial charge in [-0.2, -0.15) is 10.2 Å². The van der Waals surface area contributed by atoms with Gasteiger partial charge in [-0.05, 0) is 75.2 Å². The minimum absolute atomic E-state index is 0.0169. The molecule has 1 saturated carbocycles. The number of imidazole rings is 1. The fraction of sp³-hybridized carbons (Fsp3) is 0.488. The van der Waals surface area contributed by atoms with Crippen LogP contribution in [0.25, 0.3) is 16.7 Å². The topological polar surface area (TPSA) is 166 Å². The number of rotatable bonds is 8. The third-order valence-corrected chi connectivity index (χ3v) is 13.0. The lowest BCUT2D eigenvalue weighted by Crippen LogP contribution is -2.47. The van der Waals surface area contributed by atoms with E-state index in [1.807, 2.05) is 18.2 Å². The molecule has 1 spiro atoms. The molecule has 59 heavy (non-hydrogen) atoms. The number of piperidine rings is 2. The molecule has 5 aliphatic rings. The Kier molecular flexibility index (Phi) is 9.12. The normalized spacial score (nSPS) is 23.0. The van der Waals surface area contributed by atoms with Gasteiger partial charge in [0.15, 0.2) is 11.3 Å². The van der Waals surface area contributed by atoms with Crippen LogP contribution in [0.2, 0.25) is 0 Å². The van der Waals surface area contributed by atoms with Crippen molar-refractivity contribution in [3.63, 3.8) is 0 Å². The second kappa shape index (κ2) is 14.4. The number of para-hydroxylation sites is 1. The van der Waals surface area contributed by atoms with Crippen LogP contribution in [-0.4, -0.2) is 101 Å². The lowest BCUT2D eigenvalue weighted by Gasteiger charge is -2.52. The number of nitrogens with one attached hydrogen (secondary N) is 2. The third-order valence-electron chi connectivity index (χ3n) is 13.0. The third kappa shape index (κ3) is 6.56. The van der Waals surface area contributed by atoms with Crippen molar-refractivity contribution in [2.24, 2.45) is 12.5 Å². The number of carbonyl (C=O) groups is 3. The molecule has 3 atom stereocenters. The van der Waals surface area contributed by atoms with Crippen LogP contribution in [0, 0.1) is 17.3 Å². The Morgan fingerprint density at radius 2 is 1.97 bits per heavy atom. The van der Waals surface area contributed by atoms with E-state index in [4.69, 9.17) is 9.72 Å². The van der Waals surface area contributed by atoms with Gasteiger partial charge in [-0.25, -0.2) is 23.1 Å². The first-order valence-electron chi connectivity index (χ1n) is 20.2. The highest BCUT2D eigenvalue weighted by atomic mass is 19.3. The molecule has 5 fully saturated rings. The van der Waals surface area contributed by atoms with Crippen molar-refractivity contribution in [2.75, 3.05) is 43.0 Å². The summed E-state index contributed by atoms with van der Waals surface area (Å²) in [6, 6.07) is 6.79. The Morgan fingerprint density at radius 3 is 2.71 bits per heavy atom. The Bertz CT molecular complexity index is 2640. The average Bonchev–Trinajstić information content (AvgIpc) is 4.06. The van der Waals surface area contributed by atoms with Crippen LogP contribution >= 0.6 is 0 Å². The number of likely N-dealkylation sites (tertiary alicyclic amines) is 1. The number of benzene rings is 1. The van der Waals surface area contributed by atoms with Crippen molar-refractivity contribution >= 4 is 45.9 Å². The van der Waals surface area contributed by atoms with Crippen LogP contribution in [0.4, 0.5) is 20.3 Å². The lowest BCUT2D eigenvalue weighted by atomic mass is 9.60. The summed E-state index contributed by atoms with van der Waals surface area (Å²) in [5.41, 5.74) is 1.80. The van der Waals surface area contributed by atoms with Crippen molar-refractivity contribution in [3.05, 3.63) is 70.2 Å². The van der Waals surface area contributed by atoms with E-state index in [0.29, 0.717) is 35.3 Å². The average molecular weight is 808 g/mol. The molecule has 8 heterocycles. The number of nitrogens with zero attached hydrogens (tertiary/aromatic N) is 9. The van der Waals surface area contributed by atoms with Gasteiger partial charge < -0.3 is 19.9 Å². The van der Waals surface area contributed by atoms with Crippen LogP contribution in [0.1, 0.15) is 91.5 Å². The molecule has 4 saturated heterocycles. The highest BCUT2D eigenvalue weighted by Gasteiger charge is 2.47. The number of anilines is 2. The molecule has 2 N–H and O–H groups in total. The zero-order valence-electron chi connectivity index (χ0n) is 32.4. The van der Waals surface area contributed by atoms with Gasteiger partial charge in [-0.15, -0.1) is 0 Å². The number of aryl methyl sites for hydroxylation is 1. The molecule has 1 unspecified atom stereocenters. The number of halogens is 2. The van der Waals surface area contributed by atoms with Crippen LogP contribution in [0.3, 0.4) is 0 Å². The first kappa shape index (κ1) is 37.3. The fourth-order valence-electron chi connectivity index (χ4n) is 9.83. The number of ether oxygens (including phenoxy) is 1. The predicted molar refractivity (Wildman–Crippen MR) is 210 cm³/mol. The number of amides is 3. The van der Waals surface area contributed by atoms with Gasteiger partial charge in [0.25, 0.3) is 12.3 Å². The zero-order valence-corrected chi connectivity index (χ0v) is 32.4. The van der Waals surface area contributed by atoms with Crippen molar-refractivity contribution in [3.8, 4) is 11.8 Å². The van der Waals surface area contributed by atoms with Gasteiger partial charge in [-0.3, -0.25) is 33.5 Å². The van der Waals surface area contributed by atoms with E-state index in [2.05, 4.69) is 42.5 Å². The Labute approximate surface area is 336 Å². The first-order valence-corrected chi connectivity index (χ1v) is 20.2. The summed E-state index contributed by atoms with van der Waals surface area (Å²) in [5, 5.41) is 13.6. The first-order chi connectivity index (χ1) is 28.5. The minimum Gasteiger partial charge on any atom is -0.374 e. The fourth-order valence-corrected chi connectivity index (χ4v) is 9.83. The second-order valence-corrected chi connectivity index (χ2v) is 16.6. The smallest absolute Gasteiger partial charge is 0.329 e. The molecular weight excluding hydrogens is 765 g/mol. The van der Waals surface area contributed by atoms with Crippen LogP contribution < -0.4 is 21.2 Å². The molecule has 18 heteroatoms. The van der Waals surface area contributed by atoms with E-state index in [1.54, 1.807) is 24.0 Å². The summed E-state index contributed by atoms with van der Waals surface area (Å²) in [5.74, 6) is 5.86. The summed E-state index contributed by atoms with van der Waals surface area (Å²) in [6.45, 7) is 3.96. The monoisotopic (exact) mass is 807 g/mol. The van der Waals surface area contributed by atoms with E-state index in [9.17, 15) is 28.0 Å². The van der Waals surface area contributed by atoms with E-state index in [-0.39, 0.29) is 59.3 Å². The van der Waals surface area contributed by atoms with Gasteiger partial charge in [-0.1, -0.05) is 17.9 Å². The number of imide groups is 1. The SMILES string of the molecule is Cn1c(=O)n(C2CCC(=O)NC2=O)c2cccc(C#CCCN3CCC4(CC3)CC(n3cc(NC(=O)c5cnn6ccc(N7C[C@H]8C[C@@H]7CO8)nc56)c(C(F)F)n3)C4)c21. The minimum atomic E-state index is -2.87. The summed E-state index contributed by atoms with van der Waals surface area (Å²) >= 11 is 0. The quantitative estimate of drug-likeness (QED) is 0.175. The summed E-state index contributed by atoms with van der Waals surface area (Å²) in [6.07, 6.45) is 7.61. The summed E-state index contributed by atoms with van der Waals surface area (Å²) < 4.78 is 40.3. The van der Waals surface area contributed by atoms with Gasteiger partial charge in [0.2, 0.25) is 11.8 Å². The van der Waals surface area contributed by atoms with Crippen LogP contribution in [0.5, 0.6) is 0 Å². The molecule has 1 aromatic carbocycles. The maximum atomic E-state index is 14.3. The Hall–Kier alpha value is -5.93. The lowest BCUT2D eigenvalue weighted by molar-refractivity contribution is -0.135. The number of carbonyl (C=O) groups excluding carboxylic acids is 3. The van der Waals surface area contributed by atoms with Gasteiger partial charge >= 0.3 is 5.69 Å². The Balaban J connectivity index is 0.749. The number of morpholine rings is 1. The van der Waals surface area contributed by atoms with Gasteiger partial charge in [0, 0.05) is 45.4 Å². The predicted octanol–water partition coefficient (Wildman–Crippen LogP) is 3.58. The molecular formula is C41H43F2N11O5. The Morgan fingerprint density at radius 1 is 1.14 bits per heavy atom. The molecule has 306 valence electrons. The molecule has 16 nitrogen and oxygen atoms in total. The van der Waals surface area contributed by atoms with Crippen molar-refractivity contribution in [1.29, 1.82) is 0 Å². The number of aromatic nitrogens is 7. The van der Waals surface area contributed by atoms with E-state index in [1.165, 1.54) is 26.0 Å². The van der Waals surface area contributed by atoms with Gasteiger partial charge in [0.05, 0.1) is 53.3 Å². The van der Waals surface area contributed by atoms with E-state index in [0.717, 1.165) is 64.1 Å². The largest absolute Gasteiger partial charge is 0.374 e. The van der Waals surface area contributed by atoms with E-state index < -0.39 is 30.0 Å². The molecule has 2 bridgehead atoms. The number of alkyl halides is 2. The maximum absolute atomic E-state index is 14.3. The molecule has 10 rings (SSSR count). The van der Waals surface area contributed by atoms with Crippen LogP contribution in [0.15, 0.2) is 47.7 Å². The van der Waals surface area contributed by atoms with Gasteiger partial charge in [0.1, 0.15) is 17.4 Å². The molecule has 4 aliphatic heterocycles. The summed E-state index contributed by atoms with van der Waals surface area (Å²) in [4.78, 5) is 60.4. The number of hydrogen-bond donors (Lipinski definition) is 2. The second-order valence-electron chi connectivity index (χ2n) is 16.6. The molecule has 5 aromatic rings. The molecule has 0 radical (unpaired) electrons. The maximum Gasteiger partial charge on any atom is 0.329 e.